The van der Waals surface area contributed by atoms with E-state index >= 15 is 0 Å². The van der Waals surface area contributed by atoms with Crippen LogP contribution in [-0.4, -0.2) is 275 Å². The minimum Gasteiger partial charge on any atom is -0.382 e. The van der Waals surface area contributed by atoms with E-state index in [0.29, 0.717) is 153 Å². The second-order valence-electron chi connectivity index (χ2n) is 15.2. The highest BCUT2D eigenvalue weighted by molar-refractivity contribution is 9.00. The van der Waals surface area contributed by atoms with Crippen molar-refractivity contribution in [3.8, 4) is 0 Å². The monoisotopic (exact) mass is 1210 g/mol. The summed E-state index contributed by atoms with van der Waals surface area (Å²) in [5, 5.41) is 0. The van der Waals surface area contributed by atoms with E-state index in [4.69, 9.17) is 98.8 Å². The van der Waals surface area contributed by atoms with Gasteiger partial charge in [0.05, 0.1) is 119 Å². The van der Waals surface area contributed by atoms with Gasteiger partial charge in [-0.2, -0.15) is 0 Å². The molecule has 1 heterocycles. The molecule has 0 saturated heterocycles. The fourth-order valence-corrected chi connectivity index (χ4v) is 50.5. The van der Waals surface area contributed by atoms with Crippen LogP contribution in [0.2, 0.25) is 0 Å². The molecule has 1 aliphatic heterocycles. The minimum absolute atomic E-state index is 0.236. The number of hydrogen-bond acceptors (Lipinski definition) is 27. The van der Waals surface area contributed by atoms with Gasteiger partial charge in [-0.15, -0.1) is 0 Å². The van der Waals surface area contributed by atoms with Gasteiger partial charge in [0.25, 0.3) is 0 Å². The van der Waals surface area contributed by atoms with Crippen LogP contribution in [0.4, 0.5) is 0 Å². The van der Waals surface area contributed by atoms with Gasteiger partial charge in [-0.25, -0.2) is 13.5 Å². The number of rotatable bonds is 54. The Morgan fingerprint density at radius 3 is 0.472 bits per heavy atom. The van der Waals surface area contributed by atoms with Crippen molar-refractivity contribution < 1.29 is 85.3 Å². The van der Waals surface area contributed by atoms with Crippen molar-refractivity contribution in [1.82, 2.24) is 0 Å². The first-order valence-electron chi connectivity index (χ1n) is 23.4. The number of methoxy groups -OCH3 is 12. The highest BCUT2D eigenvalue weighted by Crippen LogP contribution is 2.96. The summed E-state index contributed by atoms with van der Waals surface area (Å²) in [7, 11) is 19.9. The quantitative estimate of drug-likeness (QED) is 0.0415. The molecule has 0 saturated carbocycles. The molecule has 0 aromatic rings. The Labute approximate surface area is 456 Å². The van der Waals surface area contributed by atoms with E-state index in [1.807, 2.05) is 0 Å². The Kier molecular flexibility index (Phi) is 47.9. The van der Waals surface area contributed by atoms with Crippen molar-refractivity contribution in [3.63, 3.8) is 0 Å². The van der Waals surface area contributed by atoms with Gasteiger partial charge in [-0.3, -0.25) is 0 Å². The summed E-state index contributed by atoms with van der Waals surface area (Å²) >= 11 is 10.5. The molecular formula is C42H90N3O18P3S6. The standard InChI is InChI=1S/C42H90N3O18P3S6/c1-46-25-37(26-47-2)58-13-19-67-64(68-20-14-59-38(27-48-3)28-49-4)43-65(69-21-15-60-39(29-50-5)30-51-6,70-22-16-61-40(31-52-7)32-53-8)45-66(44-64,71-23-17-62-41(33-54-9)34-55-10)72-24-18-63-42(35-56-11)36-57-12/h37-42H,13-36H2,1-12H3. The van der Waals surface area contributed by atoms with E-state index in [-0.39, 0.29) is 36.6 Å². The Bertz CT molecular complexity index is 1160. The maximum Gasteiger partial charge on any atom is 0.190 e. The largest absolute Gasteiger partial charge is 0.382 e. The molecule has 0 fully saturated rings. The van der Waals surface area contributed by atoms with Crippen molar-refractivity contribution in [2.45, 2.75) is 36.6 Å². The summed E-state index contributed by atoms with van der Waals surface area (Å²) in [5.74, 6) is 3.63. The first-order valence-corrected chi connectivity index (χ1v) is 38.1. The fourth-order valence-electron chi connectivity index (χ4n) is 6.23. The molecule has 21 nitrogen and oxygen atoms in total. The first kappa shape index (κ1) is 72.1. The van der Waals surface area contributed by atoms with Crippen LogP contribution >= 0.6 is 85.1 Å². The lowest BCUT2D eigenvalue weighted by molar-refractivity contribution is -0.0356. The number of hydrogen-bond donors (Lipinski definition) is 0. The second kappa shape index (κ2) is 47.8. The lowest BCUT2D eigenvalue weighted by Gasteiger charge is -2.35. The summed E-state index contributed by atoms with van der Waals surface area (Å²) in [6, 6.07) is 0. The van der Waals surface area contributed by atoms with Gasteiger partial charge < -0.3 is 85.3 Å². The average molecular weight is 1210 g/mol. The van der Waals surface area contributed by atoms with Gasteiger partial charge in [0.15, 0.2) is 16.8 Å². The van der Waals surface area contributed by atoms with E-state index in [1.54, 1.807) is 154 Å². The molecule has 0 aliphatic carbocycles. The topological polar surface area (TPSA) is 203 Å². The third-order valence-electron chi connectivity index (χ3n) is 9.09. The summed E-state index contributed by atoms with van der Waals surface area (Å²) in [5.41, 5.74) is -8.32. The van der Waals surface area contributed by atoms with Crippen molar-refractivity contribution in [2.24, 2.45) is 13.5 Å². The van der Waals surface area contributed by atoms with Gasteiger partial charge in [0.1, 0.15) is 36.6 Å². The lowest BCUT2D eigenvalue weighted by atomic mass is 10.4. The highest BCUT2D eigenvalue weighted by atomic mass is 33.1. The molecular weight excluding hydrogens is 1120 g/mol. The molecule has 1 aliphatic rings. The van der Waals surface area contributed by atoms with Crippen LogP contribution in [0, 0.1) is 0 Å². The summed E-state index contributed by atoms with van der Waals surface area (Å²) in [6.45, 7) is 7.35. The van der Waals surface area contributed by atoms with E-state index in [9.17, 15) is 0 Å². The number of nitrogens with zero attached hydrogens (tertiary/aromatic N) is 3. The molecule has 0 bridgehead atoms. The molecule has 0 radical (unpaired) electrons. The van der Waals surface area contributed by atoms with Gasteiger partial charge in [-0.05, 0) is 0 Å². The molecule has 0 aromatic heterocycles. The second-order valence-corrected chi connectivity index (χ2v) is 40.1. The Morgan fingerprint density at radius 2 is 0.361 bits per heavy atom. The Morgan fingerprint density at radius 1 is 0.236 bits per heavy atom. The average Bonchev–Trinajstić information content (AvgIpc) is 3.35. The van der Waals surface area contributed by atoms with Crippen LogP contribution < -0.4 is 0 Å². The predicted molar refractivity (Wildman–Crippen MR) is 304 cm³/mol. The van der Waals surface area contributed by atoms with Crippen LogP contribution in [0.1, 0.15) is 0 Å². The molecule has 0 atom stereocenters. The van der Waals surface area contributed by atoms with Crippen LogP contribution in [0.15, 0.2) is 13.5 Å². The maximum absolute atomic E-state index is 6.37. The van der Waals surface area contributed by atoms with Gasteiger partial charge in [-0.1, -0.05) is 68.3 Å². The molecule has 0 spiro atoms. The van der Waals surface area contributed by atoms with Gasteiger partial charge in [0.2, 0.25) is 0 Å². The lowest BCUT2D eigenvalue weighted by Crippen LogP contribution is -2.25. The Hall–Kier alpha value is 2.07. The van der Waals surface area contributed by atoms with Crippen LogP contribution in [0.25, 0.3) is 0 Å². The zero-order valence-electron chi connectivity index (χ0n) is 44.9. The van der Waals surface area contributed by atoms with E-state index < -0.39 is 16.8 Å². The molecule has 0 amide bonds. The van der Waals surface area contributed by atoms with Crippen molar-refractivity contribution in [2.75, 3.05) is 239 Å². The molecule has 0 aromatic carbocycles. The molecule has 72 heavy (non-hydrogen) atoms. The van der Waals surface area contributed by atoms with Gasteiger partial charge >= 0.3 is 0 Å². The summed E-state index contributed by atoms with van der Waals surface area (Å²) < 4.78 is 122. The van der Waals surface area contributed by atoms with Crippen LogP contribution in [0.3, 0.4) is 0 Å². The van der Waals surface area contributed by atoms with E-state index in [1.165, 1.54) is 0 Å². The smallest absolute Gasteiger partial charge is 0.190 e. The zero-order valence-corrected chi connectivity index (χ0v) is 52.5. The number of ether oxygens (including phenoxy) is 18. The van der Waals surface area contributed by atoms with Crippen molar-refractivity contribution in [3.05, 3.63) is 0 Å². The van der Waals surface area contributed by atoms with Crippen molar-refractivity contribution >= 4 is 85.1 Å². The maximum atomic E-state index is 6.37. The molecule has 30 heteroatoms. The van der Waals surface area contributed by atoms with E-state index in [2.05, 4.69) is 0 Å². The normalized spacial score (nSPS) is 15.4. The third kappa shape index (κ3) is 33.6. The minimum atomic E-state index is -2.77. The van der Waals surface area contributed by atoms with Crippen molar-refractivity contribution in [1.29, 1.82) is 0 Å². The molecule has 432 valence electrons. The molecule has 1 rings (SSSR count). The van der Waals surface area contributed by atoms with Gasteiger partial charge in [0, 0.05) is 120 Å². The summed E-state index contributed by atoms with van der Waals surface area (Å²) in [6.07, 6.45) is -1.42. The molecule has 0 N–H and O–H groups in total. The SMILES string of the molecule is COCC(COC)OCCSP1(SCCOC(COC)COC)=NP(SCCOC(COC)COC)(SCCOC(COC)COC)=NP(SCCOC(COC)COC)(SCCOC(COC)COC)=N1. The molecule has 0 unspecified atom stereocenters. The van der Waals surface area contributed by atoms with E-state index in [0.717, 1.165) is 0 Å². The van der Waals surface area contributed by atoms with Crippen LogP contribution in [-0.2, 0) is 85.3 Å². The third-order valence-corrected chi connectivity index (χ3v) is 41.5. The Balaban J connectivity index is 4.20. The summed E-state index contributed by atoms with van der Waals surface area (Å²) in [4.78, 5) is 0. The van der Waals surface area contributed by atoms with Crippen LogP contribution in [0.5, 0.6) is 0 Å². The first-order chi connectivity index (χ1) is 35.1. The zero-order chi connectivity index (χ0) is 53.0. The fraction of sp³-hybridized carbons (Fsp3) is 1.00. The predicted octanol–water partition coefficient (Wildman–Crippen LogP) is 8.31. The highest BCUT2D eigenvalue weighted by Gasteiger charge is 2.40.